The maximum absolute atomic E-state index is 12.7. The highest BCUT2D eigenvalue weighted by atomic mass is 32.2. The van der Waals surface area contributed by atoms with Crippen molar-refractivity contribution in [2.45, 2.75) is 37.9 Å². The zero-order valence-corrected chi connectivity index (χ0v) is 9.20. The second kappa shape index (κ2) is 4.12. The van der Waals surface area contributed by atoms with Crippen LogP contribution in [0.1, 0.15) is 25.7 Å². The second-order valence-electron chi connectivity index (χ2n) is 4.28. The number of alkyl halides is 3. The molecule has 92 valence electrons. The summed E-state index contributed by atoms with van der Waals surface area (Å²) in [7, 11) is 0. The number of hydrogen-bond acceptors (Lipinski definition) is 1. The minimum atomic E-state index is -4.51. The highest BCUT2D eigenvalue weighted by Crippen LogP contribution is 2.47. The summed E-state index contributed by atoms with van der Waals surface area (Å²) in [6, 6.07) is -1.96. The molecule has 16 heavy (non-hydrogen) atoms. The van der Waals surface area contributed by atoms with Crippen LogP contribution in [-0.4, -0.2) is 21.0 Å². The molecule has 1 fully saturated rings. The van der Waals surface area contributed by atoms with Crippen molar-refractivity contribution >= 4 is 11.3 Å². The Kier molecular flexibility index (Phi) is 3.11. The molecular weight excluding hydrogens is 243 g/mol. The van der Waals surface area contributed by atoms with Gasteiger partial charge in [0.15, 0.2) is 0 Å². The molecule has 2 bridgehead atoms. The van der Waals surface area contributed by atoms with Crippen molar-refractivity contribution in [2.24, 2.45) is 5.92 Å². The Morgan fingerprint density at radius 1 is 1.44 bits per heavy atom. The number of rotatable bonds is 3. The highest BCUT2D eigenvalue weighted by Gasteiger charge is 2.47. The summed E-state index contributed by atoms with van der Waals surface area (Å²) in [5.74, 6) is 0.309. The van der Waals surface area contributed by atoms with Gasteiger partial charge in [0.05, 0.1) is 0 Å². The van der Waals surface area contributed by atoms with Crippen LogP contribution in [0.2, 0.25) is 0 Å². The summed E-state index contributed by atoms with van der Waals surface area (Å²) in [5, 5.41) is 0. The number of halogens is 3. The average molecular weight is 255 g/mol. The molecule has 1 saturated carbocycles. The quantitative estimate of drug-likeness (QED) is 0.599. The molecule has 2 aliphatic rings. The minimum absolute atomic E-state index is 0.283. The summed E-state index contributed by atoms with van der Waals surface area (Å²) in [5.41, 5.74) is 1.11. The fraction of sp³-hybridized carbons (Fsp3) is 0.778. The lowest BCUT2D eigenvalue weighted by Crippen LogP contribution is -2.44. The fourth-order valence-electron chi connectivity index (χ4n) is 2.61. The Balaban J connectivity index is 2.23. The van der Waals surface area contributed by atoms with E-state index in [4.69, 9.17) is 4.55 Å². The third-order valence-electron chi connectivity index (χ3n) is 3.25. The van der Waals surface area contributed by atoms with Crippen LogP contribution in [0.25, 0.3) is 0 Å². The molecule has 2 N–H and O–H groups in total. The van der Waals surface area contributed by atoms with Gasteiger partial charge in [-0.1, -0.05) is 5.57 Å². The van der Waals surface area contributed by atoms with Crippen molar-refractivity contribution in [3.63, 3.8) is 0 Å². The van der Waals surface area contributed by atoms with Crippen LogP contribution in [0.3, 0.4) is 0 Å². The molecule has 2 aliphatic carbocycles. The fourth-order valence-corrected chi connectivity index (χ4v) is 3.09. The Bertz CT molecular complexity index is 353. The summed E-state index contributed by atoms with van der Waals surface area (Å²) in [6.45, 7) is 0. The van der Waals surface area contributed by atoms with E-state index in [1.165, 1.54) is 0 Å². The van der Waals surface area contributed by atoms with Gasteiger partial charge in [-0.05, 0) is 37.2 Å². The first-order chi connectivity index (χ1) is 7.38. The monoisotopic (exact) mass is 255 g/mol. The lowest BCUT2D eigenvalue weighted by molar-refractivity contribution is -0.143. The maximum atomic E-state index is 12.7. The number of allylic oxidation sites excluding steroid dienone is 1. The first-order valence-electron chi connectivity index (χ1n) is 5.02. The van der Waals surface area contributed by atoms with E-state index in [2.05, 4.69) is 0 Å². The van der Waals surface area contributed by atoms with Gasteiger partial charge < -0.3 is 0 Å². The topological polar surface area (TPSA) is 49.3 Å². The van der Waals surface area contributed by atoms with E-state index in [1.54, 1.807) is 4.72 Å². The maximum Gasteiger partial charge on any atom is 0.408 e. The first-order valence-corrected chi connectivity index (χ1v) is 6.13. The van der Waals surface area contributed by atoms with E-state index in [0.29, 0.717) is 18.8 Å². The van der Waals surface area contributed by atoms with Crippen LogP contribution < -0.4 is 4.72 Å². The van der Waals surface area contributed by atoms with E-state index >= 15 is 0 Å². The molecule has 2 rings (SSSR count). The molecule has 7 heteroatoms. The average Bonchev–Trinajstić information content (AvgIpc) is 2.72. The van der Waals surface area contributed by atoms with Crippen LogP contribution in [0.4, 0.5) is 13.2 Å². The van der Waals surface area contributed by atoms with E-state index in [-0.39, 0.29) is 5.57 Å². The minimum Gasteiger partial charge on any atom is -0.294 e. The molecule has 0 aliphatic heterocycles. The van der Waals surface area contributed by atoms with E-state index in [0.717, 1.165) is 18.4 Å². The standard InChI is InChI=1S/C9H12F3NO2S/c10-9(11,12)8(13-16(14)15)7-4-5-1-2-6(7)3-5/h5,8,13H,1-4H2,(H,14,15). The van der Waals surface area contributed by atoms with Gasteiger partial charge in [0.1, 0.15) is 6.04 Å². The normalized spacial score (nSPS) is 28.6. The number of fused-ring (bicyclic) bond motifs is 2. The molecule has 0 heterocycles. The van der Waals surface area contributed by atoms with Crippen molar-refractivity contribution in [3.8, 4) is 0 Å². The second-order valence-corrected chi connectivity index (χ2v) is 5.02. The lowest BCUT2D eigenvalue weighted by Gasteiger charge is -2.24. The summed E-state index contributed by atoms with van der Waals surface area (Å²) >= 11 is -2.64. The van der Waals surface area contributed by atoms with Crippen LogP contribution in [-0.2, 0) is 11.3 Å². The highest BCUT2D eigenvalue weighted by molar-refractivity contribution is 7.77. The number of hydrogen-bond donors (Lipinski definition) is 2. The molecule has 0 amide bonds. The van der Waals surface area contributed by atoms with Crippen LogP contribution in [0, 0.1) is 5.92 Å². The van der Waals surface area contributed by atoms with Gasteiger partial charge in [-0.25, -0.2) is 4.21 Å². The van der Waals surface area contributed by atoms with Crippen LogP contribution in [0.5, 0.6) is 0 Å². The Labute approximate surface area is 93.5 Å². The number of nitrogens with one attached hydrogen (secondary N) is 1. The molecule has 0 radical (unpaired) electrons. The van der Waals surface area contributed by atoms with Crippen molar-refractivity contribution < 1.29 is 21.9 Å². The van der Waals surface area contributed by atoms with Gasteiger partial charge >= 0.3 is 6.18 Å². The molecule has 3 nitrogen and oxygen atoms in total. The smallest absolute Gasteiger partial charge is 0.294 e. The largest absolute Gasteiger partial charge is 0.408 e. The molecule has 0 saturated heterocycles. The molecule has 0 aromatic carbocycles. The van der Waals surface area contributed by atoms with E-state index < -0.39 is 23.5 Å². The zero-order valence-electron chi connectivity index (χ0n) is 8.38. The molecule has 0 spiro atoms. The molecule has 0 aromatic rings. The SMILES string of the molecule is O=S(O)NC(C1=C2CCC(C2)C1)C(F)(F)F. The zero-order chi connectivity index (χ0) is 11.9. The van der Waals surface area contributed by atoms with Gasteiger partial charge in [-0.2, -0.15) is 17.9 Å². The van der Waals surface area contributed by atoms with Gasteiger partial charge in [0, 0.05) is 0 Å². The van der Waals surface area contributed by atoms with E-state index in [9.17, 15) is 17.4 Å². The summed E-state index contributed by atoms with van der Waals surface area (Å²) < 4.78 is 58.9. The van der Waals surface area contributed by atoms with Gasteiger partial charge in [0.2, 0.25) is 11.3 Å². The van der Waals surface area contributed by atoms with Crippen molar-refractivity contribution in [2.75, 3.05) is 0 Å². The van der Waals surface area contributed by atoms with Gasteiger partial charge in [-0.15, -0.1) is 0 Å². The van der Waals surface area contributed by atoms with Crippen LogP contribution in [0.15, 0.2) is 11.1 Å². The Morgan fingerprint density at radius 3 is 2.50 bits per heavy atom. The van der Waals surface area contributed by atoms with Crippen molar-refractivity contribution in [1.29, 1.82) is 0 Å². The third kappa shape index (κ3) is 2.31. The predicted molar refractivity (Wildman–Crippen MR) is 52.7 cm³/mol. The predicted octanol–water partition coefficient (Wildman–Crippen LogP) is 2.14. The summed E-state index contributed by atoms with van der Waals surface area (Å²) in [4.78, 5) is 0. The van der Waals surface area contributed by atoms with Crippen LogP contribution >= 0.6 is 0 Å². The lowest BCUT2D eigenvalue weighted by atomic mass is 9.94. The Hall–Kier alpha value is -0.400. The molecule has 3 atom stereocenters. The molecule has 0 aromatic heterocycles. The molecule has 3 unspecified atom stereocenters. The van der Waals surface area contributed by atoms with Crippen molar-refractivity contribution in [3.05, 3.63) is 11.1 Å². The Morgan fingerprint density at radius 2 is 2.12 bits per heavy atom. The van der Waals surface area contributed by atoms with Crippen molar-refractivity contribution in [1.82, 2.24) is 4.72 Å². The van der Waals surface area contributed by atoms with E-state index in [1.807, 2.05) is 0 Å². The first kappa shape index (κ1) is 12.1. The van der Waals surface area contributed by atoms with Gasteiger partial charge in [-0.3, -0.25) is 4.55 Å². The van der Waals surface area contributed by atoms with Gasteiger partial charge in [0.25, 0.3) is 0 Å². The third-order valence-corrected chi connectivity index (χ3v) is 3.68. The molecular formula is C9H12F3NO2S. The summed E-state index contributed by atoms with van der Waals surface area (Å²) in [6.07, 6.45) is -1.73.